The highest BCUT2D eigenvalue weighted by atomic mass is 32.2. The van der Waals surface area contributed by atoms with Crippen LogP contribution in [0.25, 0.3) is 0 Å². The van der Waals surface area contributed by atoms with E-state index in [-0.39, 0.29) is 17.1 Å². The summed E-state index contributed by atoms with van der Waals surface area (Å²) in [5.74, 6) is 0.172. The van der Waals surface area contributed by atoms with Crippen LogP contribution in [0.3, 0.4) is 0 Å². The Balaban J connectivity index is 2.09. The van der Waals surface area contributed by atoms with Gasteiger partial charge in [-0.1, -0.05) is 36.4 Å². The Labute approximate surface area is 158 Å². The fourth-order valence-electron chi connectivity index (χ4n) is 2.71. The normalized spacial score (nSPS) is 11.2. The van der Waals surface area contributed by atoms with E-state index in [4.69, 9.17) is 4.74 Å². The first-order valence-electron chi connectivity index (χ1n) is 8.38. The van der Waals surface area contributed by atoms with Crippen molar-refractivity contribution in [1.82, 2.24) is 0 Å². The van der Waals surface area contributed by atoms with E-state index in [1.165, 1.54) is 22.5 Å². The van der Waals surface area contributed by atoms with Gasteiger partial charge in [0.1, 0.15) is 11.6 Å². The lowest BCUT2D eigenvalue weighted by molar-refractivity contribution is 0.414. The van der Waals surface area contributed by atoms with Gasteiger partial charge < -0.3 is 4.74 Å². The van der Waals surface area contributed by atoms with Crippen LogP contribution in [0.1, 0.15) is 11.1 Å². The number of methoxy groups -OCH3 is 1. The number of anilines is 1. The van der Waals surface area contributed by atoms with Crippen LogP contribution >= 0.6 is 0 Å². The molecule has 0 aromatic heterocycles. The van der Waals surface area contributed by atoms with Gasteiger partial charge in [0.15, 0.2) is 0 Å². The van der Waals surface area contributed by atoms with Gasteiger partial charge in [-0.2, -0.15) is 0 Å². The van der Waals surface area contributed by atoms with Crippen molar-refractivity contribution >= 4 is 15.7 Å². The van der Waals surface area contributed by atoms with E-state index in [0.717, 1.165) is 5.56 Å². The Morgan fingerprint density at radius 3 is 2.37 bits per heavy atom. The van der Waals surface area contributed by atoms with E-state index in [1.807, 2.05) is 0 Å². The third-order valence-electron chi connectivity index (χ3n) is 4.23. The van der Waals surface area contributed by atoms with Crippen molar-refractivity contribution in [3.05, 3.63) is 89.7 Å². The number of rotatable bonds is 6. The van der Waals surface area contributed by atoms with E-state index in [0.29, 0.717) is 11.3 Å². The average molecular weight is 385 g/mol. The quantitative estimate of drug-likeness (QED) is 0.626. The predicted molar refractivity (Wildman–Crippen MR) is 104 cm³/mol. The Morgan fingerprint density at radius 1 is 0.963 bits per heavy atom. The van der Waals surface area contributed by atoms with Crippen LogP contribution in [0.4, 0.5) is 10.1 Å². The summed E-state index contributed by atoms with van der Waals surface area (Å²) in [4.78, 5) is 0.147. The molecule has 6 heteroatoms. The Hall–Kier alpha value is -2.86. The molecule has 0 amide bonds. The Morgan fingerprint density at radius 2 is 1.70 bits per heavy atom. The number of hydrogen-bond donors (Lipinski definition) is 0. The summed E-state index contributed by atoms with van der Waals surface area (Å²) < 4.78 is 47.1. The molecule has 27 heavy (non-hydrogen) atoms. The van der Waals surface area contributed by atoms with Gasteiger partial charge in [0, 0.05) is 0 Å². The molecule has 0 fully saturated rings. The van der Waals surface area contributed by atoms with Gasteiger partial charge in [0.05, 0.1) is 24.2 Å². The average Bonchev–Trinajstić information content (AvgIpc) is 2.69. The van der Waals surface area contributed by atoms with Crippen molar-refractivity contribution in [3.8, 4) is 5.75 Å². The van der Waals surface area contributed by atoms with Gasteiger partial charge in [-0.3, -0.25) is 4.31 Å². The molecule has 0 aliphatic rings. The SMILES string of the molecule is COc1cccc(CN(c2ccc(C)c(F)c2)S(=O)(=O)c2ccccc2)c1. The lowest BCUT2D eigenvalue weighted by Crippen LogP contribution is -2.30. The van der Waals surface area contributed by atoms with Gasteiger partial charge >= 0.3 is 0 Å². The summed E-state index contributed by atoms with van der Waals surface area (Å²) in [7, 11) is -2.33. The molecule has 3 aromatic rings. The second-order valence-corrected chi connectivity index (χ2v) is 7.97. The lowest BCUT2D eigenvalue weighted by Gasteiger charge is -2.25. The van der Waals surface area contributed by atoms with E-state index in [1.54, 1.807) is 68.6 Å². The fraction of sp³-hybridized carbons (Fsp3) is 0.143. The molecule has 3 rings (SSSR count). The largest absolute Gasteiger partial charge is 0.497 e. The molecule has 0 N–H and O–H groups in total. The van der Waals surface area contributed by atoms with Gasteiger partial charge in [-0.05, 0) is 54.4 Å². The highest BCUT2D eigenvalue weighted by Crippen LogP contribution is 2.28. The van der Waals surface area contributed by atoms with Crippen LogP contribution in [-0.2, 0) is 16.6 Å². The second-order valence-electron chi connectivity index (χ2n) is 6.11. The molecule has 3 aromatic carbocycles. The molecule has 0 saturated heterocycles. The zero-order valence-electron chi connectivity index (χ0n) is 15.1. The topological polar surface area (TPSA) is 46.6 Å². The Kier molecular flexibility index (Phi) is 5.46. The van der Waals surface area contributed by atoms with Crippen molar-refractivity contribution in [1.29, 1.82) is 0 Å². The summed E-state index contributed by atoms with van der Waals surface area (Å²) in [6.45, 7) is 1.69. The molecule has 0 aliphatic carbocycles. The van der Waals surface area contributed by atoms with Crippen LogP contribution < -0.4 is 9.04 Å². The molecule has 0 radical (unpaired) electrons. The number of ether oxygens (including phenoxy) is 1. The number of benzene rings is 3. The molecular weight excluding hydrogens is 365 g/mol. The summed E-state index contributed by atoms with van der Waals surface area (Å²) >= 11 is 0. The van der Waals surface area contributed by atoms with Gasteiger partial charge in [0.2, 0.25) is 0 Å². The third kappa shape index (κ3) is 4.11. The molecule has 4 nitrogen and oxygen atoms in total. The minimum atomic E-state index is -3.88. The number of hydrogen-bond acceptors (Lipinski definition) is 3. The second kappa shape index (κ2) is 7.80. The highest BCUT2D eigenvalue weighted by Gasteiger charge is 2.25. The number of nitrogens with zero attached hydrogens (tertiary/aromatic N) is 1. The van der Waals surface area contributed by atoms with Gasteiger partial charge in [-0.25, -0.2) is 12.8 Å². The molecule has 0 unspecified atom stereocenters. The summed E-state index contributed by atoms with van der Waals surface area (Å²) in [5.41, 5.74) is 1.46. The monoisotopic (exact) mass is 385 g/mol. The first kappa shape index (κ1) is 18.9. The van der Waals surface area contributed by atoms with Crippen LogP contribution in [0, 0.1) is 12.7 Å². The maximum absolute atomic E-state index is 14.1. The van der Waals surface area contributed by atoms with Crippen molar-refractivity contribution in [2.75, 3.05) is 11.4 Å². The minimum absolute atomic E-state index is 0.0525. The standard InChI is InChI=1S/C21H20FNO3S/c1-16-11-12-18(14-21(16)22)23(15-17-7-6-8-19(13-17)26-2)27(24,25)20-9-4-3-5-10-20/h3-14H,15H2,1-2H3. The molecular formula is C21H20FNO3S. The maximum atomic E-state index is 14.1. The molecule has 0 atom stereocenters. The van der Waals surface area contributed by atoms with Gasteiger partial charge in [-0.15, -0.1) is 0 Å². The summed E-state index contributed by atoms with van der Waals surface area (Å²) in [6.07, 6.45) is 0. The zero-order chi connectivity index (χ0) is 19.4. The van der Waals surface area contributed by atoms with E-state index in [2.05, 4.69) is 0 Å². The molecule has 0 aliphatic heterocycles. The van der Waals surface area contributed by atoms with Gasteiger partial charge in [0.25, 0.3) is 10.0 Å². The maximum Gasteiger partial charge on any atom is 0.264 e. The van der Waals surface area contributed by atoms with E-state index >= 15 is 0 Å². The fourth-order valence-corrected chi connectivity index (χ4v) is 4.17. The first-order valence-corrected chi connectivity index (χ1v) is 9.82. The number of sulfonamides is 1. The highest BCUT2D eigenvalue weighted by molar-refractivity contribution is 7.92. The van der Waals surface area contributed by atoms with Crippen molar-refractivity contribution < 1.29 is 17.5 Å². The van der Waals surface area contributed by atoms with E-state index < -0.39 is 15.8 Å². The smallest absolute Gasteiger partial charge is 0.264 e. The van der Waals surface area contributed by atoms with Crippen molar-refractivity contribution in [2.45, 2.75) is 18.4 Å². The number of aryl methyl sites for hydroxylation is 1. The van der Waals surface area contributed by atoms with Crippen LogP contribution in [0.15, 0.2) is 77.7 Å². The van der Waals surface area contributed by atoms with Crippen LogP contribution in [-0.4, -0.2) is 15.5 Å². The minimum Gasteiger partial charge on any atom is -0.497 e. The molecule has 0 heterocycles. The number of halogens is 1. The van der Waals surface area contributed by atoms with Crippen molar-refractivity contribution in [3.63, 3.8) is 0 Å². The summed E-state index contributed by atoms with van der Waals surface area (Å²) in [5, 5.41) is 0. The first-order chi connectivity index (χ1) is 12.9. The third-order valence-corrected chi connectivity index (χ3v) is 6.02. The van der Waals surface area contributed by atoms with Crippen LogP contribution in [0.2, 0.25) is 0 Å². The Bertz CT molecular complexity index is 1040. The molecule has 0 saturated carbocycles. The summed E-state index contributed by atoms with van der Waals surface area (Å²) in [6, 6.07) is 19.7. The molecule has 0 spiro atoms. The lowest BCUT2D eigenvalue weighted by atomic mass is 10.2. The molecule has 140 valence electrons. The van der Waals surface area contributed by atoms with E-state index in [9.17, 15) is 12.8 Å². The molecule has 0 bridgehead atoms. The zero-order valence-corrected chi connectivity index (χ0v) is 15.9. The van der Waals surface area contributed by atoms with Crippen molar-refractivity contribution in [2.24, 2.45) is 0 Å². The predicted octanol–water partition coefficient (Wildman–Crippen LogP) is 4.54. The van der Waals surface area contributed by atoms with Crippen LogP contribution in [0.5, 0.6) is 5.75 Å².